The summed E-state index contributed by atoms with van der Waals surface area (Å²) in [6.45, 7) is 3.12. The van der Waals surface area contributed by atoms with E-state index in [1.54, 1.807) is 0 Å². The maximum Gasteiger partial charge on any atom is 0.257 e. The molecule has 1 N–H and O–H groups in total. The Morgan fingerprint density at radius 1 is 1.00 bits per heavy atom. The molecule has 0 aliphatic carbocycles. The number of ether oxygens (including phenoxy) is 1. The first-order chi connectivity index (χ1) is 17.9. The van der Waals surface area contributed by atoms with Gasteiger partial charge in [-0.25, -0.2) is 13.4 Å². The van der Waals surface area contributed by atoms with E-state index in [1.165, 1.54) is 39.9 Å². The topological polar surface area (TPSA) is 88.6 Å². The van der Waals surface area contributed by atoms with Crippen molar-refractivity contribution in [2.45, 2.75) is 24.7 Å². The highest BCUT2D eigenvalue weighted by Gasteiger charge is 2.28. The maximum atomic E-state index is 13.0. The van der Waals surface area contributed by atoms with Crippen LogP contribution in [0.5, 0.6) is 11.5 Å². The summed E-state index contributed by atoms with van der Waals surface area (Å²) in [5.41, 5.74) is 2.01. The average molecular weight is 534 g/mol. The fourth-order valence-electron chi connectivity index (χ4n) is 4.24. The lowest BCUT2D eigenvalue weighted by atomic mass is 10.0. The zero-order valence-electron chi connectivity index (χ0n) is 20.3. The smallest absolute Gasteiger partial charge is 0.257 e. The molecule has 5 rings (SSSR count). The van der Waals surface area contributed by atoms with Crippen LogP contribution in [-0.2, 0) is 10.0 Å². The third-order valence-corrected chi connectivity index (χ3v) is 8.86. The second kappa shape index (κ2) is 10.8. The molecule has 1 unspecified atom stereocenters. The summed E-state index contributed by atoms with van der Waals surface area (Å²) in [6, 6.07) is 23.2. The highest BCUT2D eigenvalue weighted by atomic mass is 32.2. The van der Waals surface area contributed by atoms with E-state index in [9.17, 15) is 13.2 Å². The molecule has 0 radical (unpaired) electrons. The van der Waals surface area contributed by atoms with Crippen molar-refractivity contribution < 1.29 is 17.9 Å². The molecule has 1 amide bonds. The molecule has 1 aliphatic rings. The van der Waals surface area contributed by atoms with E-state index in [2.05, 4.69) is 17.2 Å². The Morgan fingerprint density at radius 2 is 1.70 bits per heavy atom. The third-order valence-electron chi connectivity index (χ3n) is 6.23. The molecule has 0 bridgehead atoms. The molecule has 7 nitrogen and oxygen atoms in total. The Balaban J connectivity index is 1.22. The standard InChI is InChI=1S/C28H27N3O4S2/c1-20-6-5-17-31(18-20)37(33,34)25-15-11-22(12-16-25)27(32)30-28-29-26(19-36-28)21-9-13-24(14-10-21)35-23-7-3-2-4-8-23/h2-4,7-16,19-20H,5-6,17-18H2,1H3,(H,29,30,32). The summed E-state index contributed by atoms with van der Waals surface area (Å²) in [7, 11) is -3.56. The number of sulfonamides is 1. The number of aromatic nitrogens is 1. The van der Waals surface area contributed by atoms with E-state index < -0.39 is 10.0 Å². The van der Waals surface area contributed by atoms with Gasteiger partial charge in [0, 0.05) is 29.6 Å². The van der Waals surface area contributed by atoms with Gasteiger partial charge in [-0.3, -0.25) is 10.1 Å². The fraction of sp³-hybridized carbons (Fsp3) is 0.214. The van der Waals surface area contributed by atoms with Gasteiger partial charge in [0.05, 0.1) is 10.6 Å². The SMILES string of the molecule is CC1CCCN(S(=O)(=O)c2ccc(C(=O)Nc3nc(-c4ccc(Oc5ccccc5)cc4)cs3)cc2)C1. The number of rotatable bonds is 7. The molecule has 37 heavy (non-hydrogen) atoms. The minimum Gasteiger partial charge on any atom is -0.457 e. The first kappa shape index (κ1) is 25.1. The van der Waals surface area contributed by atoms with Crippen molar-refractivity contribution in [2.24, 2.45) is 5.92 Å². The average Bonchev–Trinajstić information content (AvgIpc) is 3.38. The first-order valence-corrected chi connectivity index (χ1v) is 14.4. The monoisotopic (exact) mass is 533 g/mol. The molecule has 1 aromatic heterocycles. The number of thiazole rings is 1. The molecule has 3 aromatic carbocycles. The van der Waals surface area contributed by atoms with Gasteiger partial charge < -0.3 is 4.74 Å². The maximum absolute atomic E-state index is 13.0. The van der Waals surface area contributed by atoms with Gasteiger partial charge in [-0.15, -0.1) is 11.3 Å². The van der Waals surface area contributed by atoms with Crippen LogP contribution in [0.4, 0.5) is 5.13 Å². The Morgan fingerprint density at radius 3 is 2.41 bits per heavy atom. The number of benzene rings is 3. The van der Waals surface area contributed by atoms with Crippen molar-refractivity contribution in [1.82, 2.24) is 9.29 Å². The predicted octanol–water partition coefficient (Wildman–Crippen LogP) is 6.28. The zero-order valence-corrected chi connectivity index (χ0v) is 22.0. The predicted molar refractivity (Wildman–Crippen MR) is 146 cm³/mol. The molecule has 9 heteroatoms. The number of carbonyl (C=O) groups excluding carboxylic acids is 1. The van der Waals surface area contributed by atoms with Gasteiger partial charge in [0.2, 0.25) is 10.0 Å². The molecule has 1 fully saturated rings. The number of piperidine rings is 1. The molecule has 4 aromatic rings. The molecular weight excluding hydrogens is 506 g/mol. The van der Waals surface area contributed by atoms with Gasteiger partial charge in [0.25, 0.3) is 5.91 Å². The van der Waals surface area contributed by atoms with Gasteiger partial charge in [0.1, 0.15) is 11.5 Å². The quantitative estimate of drug-likeness (QED) is 0.302. The summed E-state index contributed by atoms with van der Waals surface area (Å²) < 4.78 is 33.3. The normalized spacial score (nSPS) is 16.3. The Bertz CT molecular complexity index is 1470. The highest BCUT2D eigenvalue weighted by Crippen LogP contribution is 2.29. The molecule has 0 saturated carbocycles. The lowest BCUT2D eigenvalue weighted by molar-refractivity contribution is 0.102. The van der Waals surface area contributed by atoms with Crippen LogP contribution in [0.15, 0.2) is 89.1 Å². The van der Waals surface area contributed by atoms with Crippen LogP contribution in [0.1, 0.15) is 30.1 Å². The molecule has 0 spiro atoms. The summed E-state index contributed by atoms with van der Waals surface area (Å²) in [4.78, 5) is 17.5. The van der Waals surface area contributed by atoms with Crippen molar-refractivity contribution in [3.05, 3.63) is 89.8 Å². The van der Waals surface area contributed by atoms with E-state index in [4.69, 9.17) is 4.74 Å². The summed E-state index contributed by atoms with van der Waals surface area (Å²) in [5.74, 6) is 1.49. The summed E-state index contributed by atoms with van der Waals surface area (Å²) in [6.07, 6.45) is 1.90. The molecular formula is C28H27N3O4S2. The number of para-hydroxylation sites is 1. The van der Waals surface area contributed by atoms with Crippen molar-refractivity contribution in [2.75, 3.05) is 18.4 Å². The van der Waals surface area contributed by atoms with Crippen LogP contribution in [0.25, 0.3) is 11.3 Å². The van der Waals surface area contributed by atoms with Crippen LogP contribution in [0.3, 0.4) is 0 Å². The van der Waals surface area contributed by atoms with E-state index in [-0.39, 0.29) is 10.8 Å². The lowest BCUT2D eigenvalue weighted by Crippen LogP contribution is -2.39. The number of nitrogens with one attached hydrogen (secondary N) is 1. The number of carbonyl (C=O) groups is 1. The summed E-state index contributed by atoms with van der Waals surface area (Å²) >= 11 is 1.32. The van der Waals surface area contributed by atoms with Crippen LogP contribution in [0, 0.1) is 5.92 Å². The van der Waals surface area contributed by atoms with Crippen LogP contribution in [0.2, 0.25) is 0 Å². The third kappa shape index (κ3) is 5.90. The minimum atomic E-state index is -3.56. The van der Waals surface area contributed by atoms with Crippen molar-refractivity contribution >= 4 is 32.4 Å². The van der Waals surface area contributed by atoms with Gasteiger partial charge in [-0.05, 0) is 79.4 Å². The number of amides is 1. The fourth-order valence-corrected chi connectivity index (χ4v) is 6.56. The second-order valence-corrected chi connectivity index (χ2v) is 11.9. The zero-order chi connectivity index (χ0) is 25.8. The Labute approximate surface area is 220 Å². The molecule has 1 saturated heterocycles. The van der Waals surface area contributed by atoms with Crippen LogP contribution in [-0.4, -0.2) is 36.7 Å². The van der Waals surface area contributed by atoms with E-state index in [0.29, 0.717) is 29.7 Å². The van der Waals surface area contributed by atoms with E-state index in [1.807, 2.05) is 60.0 Å². The largest absolute Gasteiger partial charge is 0.457 e. The van der Waals surface area contributed by atoms with Gasteiger partial charge >= 0.3 is 0 Å². The van der Waals surface area contributed by atoms with Crippen LogP contribution >= 0.6 is 11.3 Å². The Hall–Kier alpha value is -3.53. The van der Waals surface area contributed by atoms with Gasteiger partial charge in [-0.2, -0.15) is 4.31 Å². The molecule has 190 valence electrons. The van der Waals surface area contributed by atoms with Crippen LogP contribution < -0.4 is 10.1 Å². The number of hydrogen-bond donors (Lipinski definition) is 1. The van der Waals surface area contributed by atoms with E-state index in [0.717, 1.165) is 35.6 Å². The number of nitrogens with zero attached hydrogens (tertiary/aromatic N) is 2. The van der Waals surface area contributed by atoms with Crippen molar-refractivity contribution in [3.63, 3.8) is 0 Å². The lowest BCUT2D eigenvalue weighted by Gasteiger charge is -2.30. The summed E-state index contributed by atoms with van der Waals surface area (Å²) in [5, 5.41) is 5.14. The minimum absolute atomic E-state index is 0.203. The van der Waals surface area contributed by atoms with Gasteiger partial charge in [-0.1, -0.05) is 25.1 Å². The molecule has 1 atom stereocenters. The molecule has 1 aliphatic heterocycles. The second-order valence-electron chi connectivity index (χ2n) is 9.07. The Kier molecular flexibility index (Phi) is 7.36. The van der Waals surface area contributed by atoms with E-state index >= 15 is 0 Å². The first-order valence-electron chi connectivity index (χ1n) is 12.1. The van der Waals surface area contributed by atoms with Crippen molar-refractivity contribution in [3.8, 4) is 22.8 Å². The van der Waals surface area contributed by atoms with Crippen molar-refractivity contribution in [1.29, 1.82) is 0 Å². The van der Waals surface area contributed by atoms with Gasteiger partial charge in [0.15, 0.2) is 5.13 Å². The number of anilines is 1. The number of hydrogen-bond acceptors (Lipinski definition) is 6. The molecule has 2 heterocycles. The highest BCUT2D eigenvalue weighted by molar-refractivity contribution is 7.89.